The lowest BCUT2D eigenvalue weighted by molar-refractivity contribution is 0.128. The molecular weight excluding hydrogens is 416 g/mol. The first kappa shape index (κ1) is 32.3. The number of aliphatic hydroxyl groups excluding tert-OH is 1. The number of pyridine rings is 1. The second kappa shape index (κ2) is 16.8. The van der Waals surface area contributed by atoms with Gasteiger partial charge in [0.15, 0.2) is 0 Å². The molecule has 0 amide bonds. The van der Waals surface area contributed by atoms with E-state index in [1.807, 2.05) is 49.6 Å². The minimum atomic E-state index is 0.159. The van der Waals surface area contributed by atoms with E-state index in [0.717, 1.165) is 12.8 Å². The van der Waals surface area contributed by atoms with E-state index in [0.29, 0.717) is 29.3 Å². The Balaban J connectivity index is 0.000000636. The smallest absolute Gasteiger partial charge is 0.0430 e. The molecule has 0 aliphatic carbocycles. The molecule has 1 aromatic carbocycles. The van der Waals surface area contributed by atoms with Crippen LogP contribution < -0.4 is 5.73 Å². The summed E-state index contributed by atoms with van der Waals surface area (Å²) in [5, 5.41) is 8.07. The lowest BCUT2D eigenvalue weighted by Gasteiger charge is -2.43. The van der Waals surface area contributed by atoms with Gasteiger partial charge in [-0.15, -0.1) is 0 Å². The normalized spacial score (nSPS) is 13.3. The predicted molar refractivity (Wildman–Crippen MR) is 150 cm³/mol. The summed E-state index contributed by atoms with van der Waals surface area (Å²) in [5.74, 6) is 1.23. The highest BCUT2D eigenvalue weighted by atomic mass is 16.2. The number of nitrogens with two attached hydrogens (primary N) is 1. The van der Waals surface area contributed by atoms with Crippen molar-refractivity contribution < 1.29 is 5.11 Å². The van der Waals surface area contributed by atoms with E-state index in [1.54, 1.807) is 0 Å². The van der Waals surface area contributed by atoms with E-state index < -0.39 is 0 Å². The molecule has 2 rings (SSSR count). The number of nitrogens with zero attached hydrogens (tertiary/aromatic N) is 1. The largest absolute Gasteiger partial charge is 0.396 e. The number of rotatable bonds is 10. The molecule has 2 aromatic rings. The van der Waals surface area contributed by atoms with Gasteiger partial charge in [-0.1, -0.05) is 98.6 Å². The van der Waals surface area contributed by atoms with Gasteiger partial charge in [-0.3, -0.25) is 4.98 Å². The molecule has 0 fully saturated rings. The molecule has 2 unspecified atom stereocenters. The average molecular weight is 471 g/mol. The van der Waals surface area contributed by atoms with Gasteiger partial charge in [0.25, 0.3) is 0 Å². The molecule has 3 heteroatoms. The molecule has 3 N–H and O–H groups in total. The lowest BCUT2D eigenvalue weighted by Crippen LogP contribution is -2.32. The zero-order valence-electron chi connectivity index (χ0n) is 23.6. The highest BCUT2D eigenvalue weighted by molar-refractivity contribution is 5.20. The highest BCUT2D eigenvalue weighted by Gasteiger charge is 2.37. The molecule has 0 aliphatic rings. The van der Waals surface area contributed by atoms with Gasteiger partial charge in [-0.2, -0.15) is 0 Å². The van der Waals surface area contributed by atoms with Crippen molar-refractivity contribution in [1.29, 1.82) is 0 Å². The van der Waals surface area contributed by atoms with Gasteiger partial charge in [-0.05, 0) is 72.1 Å². The van der Waals surface area contributed by atoms with Crippen molar-refractivity contribution in [2.24, 2.45) is 22.5 Å². The van der Waals surface area contributed by atoms with Gasteiger partial charge < -0.3 is 10.8 Å². The Morgan fingerprint density at radius 1 is 0.853 bits per heavy atom. The topological polar surface area (TPSA) is 59.1 Å². The van der Waals surface area contributed by atoms with Gasteiger partial charge in [0.05, 0.1) is 0 Å². The average Bonchev–Trinajstić information content (AvgIpc) is 2.75. The molecule has 0 radical (unpaired) electrons. The number of benzene rings is 1. The Kier molecular flexibility index (Phi) is 16.0. The minimum absolute atomic E-state index is 0.159. The second-order valence-electron chi connectivity index (χ2n) is 11.4. The van der Waals surface area contributed by atoms with E-state index >= 15 is 0 Å². The predicted octanol–water partition coefficient (Wildman–Crippen LogP) is 8.55. The van der Waals surface area contributed by atoms with Crippen LogP contribution in [0.4, 0.5) is 0 Å². The molecular formula is C31H54N2O. The van der Waals surface area contributed by atoms with Gasteiger partial charge in [0.1, 0.15) is 0 Å². The van der Waals surface area contributed by atoms with Gasteiger partial charge in [0.2, 0.25) is 0 Å². The van der Waals surface area contributed by atoms with Gasteiger partial charge >= 0.3 is 0 Å². The summed E-state index contributed by atoms with van der Waals surface area (Å²) in [5.41, 5.74) is 8.96. The lowest BCUT2D eigenvalue weighted by atomic mass is 9.62. The maximum Gasteiger partial charge on any atom is 0.0430 e. The van der Waals surface area contributed by atoms with E-state index in [9.17, 15) is 0 Å². The van der Waals surface area contributed by atoms with Crippen molar-refractivity contribution in [1.82, 2.24) is 4.98 Å². The third-order valence-corrected chi connectivity index (χ3v) is 6.27. The van der Waals surface area contributed by atoms with Crippen LogP contribution in [0, 0.1) is 16.7 Å². The number of unbranched alkanes of at least 4 members (excludes halogenated alkanes) is 1. The first-order valence-corrected chi connectivity index (χ1v) is 13.2. The van der Waals surface area contributed by atoms with Crippen LogP contribution in [0.5, 0.6) is 0 Å². The monoisotopic (exact) mass is 470 g/mol. The number of aromatic nitrogens is 1. The molecule has 1 aromatic heterocycles. The van der Waals surface area contributed by atoms with Crippen LogP contribution >= 0.6 is 0 Å². The maximum atomic E-state index is 8.07. The highest BCUT2D eigenvalue weighted by Crippen LogP contribution is 2.48. The SMILES string of the molecule is CC(N)c1ccccc1.CCCC(C)(C)CC(C)(C)C(c1ccncc1)C(C)C.CCCCO. The Hall–Kier alpha value is -1.71. The summed E-state index contributed by atoms with van der Waals surface area (Å²) in [6.07, 6.45) is 9.73. The van der Waals surface area contributed by atoms with E-state index in [1.165, 1.54) is 30.4 Å². The summed E-state index contributed by atoms with van der Waals surface area (Å²) >= 11 is 0. The molecule has 0 bridgehead atoms. The zero-order valence-corrected chi connectivity index (χ0v) is 23.6. The van der Waals surface area contributed by atoms with Crippen molar-refractivity contribution in [3.05, 3.63) is 66.0 Å². The maximum absolute atomic E-state index is 8.07. The third kappa shape index (κ3) is 13.2. The molecule has 0 aliphatic heterocycles. The summed E-state index contributed by atoms with van der Waals surface area (Å²) in [6.45, 7) is 21.1. The molecule has 0 saturated carbocycles. The van der Waals surface area contributed by atoms with E-state index in [-0.39, 0.29) is 6.04 Å². The molecule has 3 nitrogen and oxygen atoms in total. The molecule has 2 atom stereocenters. The Bertz CT molecular complexity index is 722. The fourth-order valence-electron chi connectivity index (χ4n) is 5.33. The quantitative estimate of drug-likeness (QED) is 0.365. The fourth-order valence-corrected chi connectivity index (χ4v) is 5.33. The standard InChI is InChI=1S/C19H33N.C8H11N.C4H10O/c1-8-11-18(4,5)14-19(6,7)17(15(2)3)16-9-12-20-13-10-16;1-7(9)8-5-3-2-4-6-8;1-2-3-4-5/h9-10,12-13,15,17H,8,11,14H2,1-7H3;2-7H,9H2,1H3;5H,2-4H2,1H3. The molecule has 0 spiro atoms. The number of hydrogen-bond donors (Lipinski definition) is 2. The molecule has 1 heterocycles. The minimum Gasteiger partial charge on any atom is -0.396 e. The van der Waals surface area contributed by atoms with Crippen LogP contribution in [0.2, 0.25) is 0 Å². The number of hydrogen-bond acceptors (Lipinski definition) is 3. The van der Waals surface area contributed by atoms with Crippen molar-refractivity contribution in [2.75, 3.05) is 6.61 Å². The fraction of sp³-hybridized carbons (Fsp3) is 0.645. The van der Waals surface area contributed by atoms with Crippen LogP contribution in [-0.4, -0.2) is 16.7 Å². The third-order valence-electron chi connectivity index (χ3n) is 6.27. The summed E-state index contributed by atoms with van der Waals surface area (Å²) in [6, 6.07) is 14.6. The van der Waals surface area contributed by atoms with Crippen LogP contribution in [0.1, 0.15) is 118 Å². The van der Waals surface area contributed by atoms with Crippen molar-refractivity contribution in [3.8, 4) is 0 Å². The second-order valence-corrected chi connectivity index (χ2v) is 11.4. The summed E-state index contributed by atoms with van der Waals surface area (Å²) < 4.78 is 0. The summed E-state index contributed by atoms with van der Waals surface area (Å²) in [4.78, 5) is 4.17. The first-order chi connectivity index (χ1) is 15.9. The van der Waals surface area contributed by atoms with E-state index in [2.05, 4.69) is 72.5 Å². The van der Waals surface area contributed by atoms with Crippen molar-refractivity contribution >= 4 is 0 Å². The van der Waals surface area contributed by atoms with Crippen LogP contribution in [0.3, 0.4) is 0 Å². The summed E-state index contributed by atoms with van der Waals surface area (Å²) in [7, 11) is 0. The van der Waals surface area contributed by atoms with Crippen molar-refractivity contribution in [2.45, 2.75) is 106 Å². The zero-order chi connectivity index (χ0) is 26.2. The van der Waals surface area contributed by atoms with E-state index in [4.69, 9.17) is 10.8 Å². The van der Waals surface area contributed by atoms with Crippen LogP contribution in [0.15, 0.2) is 54.9 Å². The van der Waals surface area contributed by atoms with Gasteiger partial charge in [-0.25, -0.2) is 0 Å². The first-order valence-electron chi connectivity index (χ1n) is 13.2. The number of aliphatic hydroxyl groups is 1. The van der Waals surface area contributed by atoms with Crippen LogP contribution in [0.25, 0.3) is 0 Å². The molecule has 34 heavy (non-hydrogen) atoms. The van der Waals surface area contributed by atoms with Crippen LogP contribution in [-0.2, 0) is 0 Å². The Morgan fingerprint density at radius 3 is 1.76 bits per heavy atom. The van der Waals surface area contributed by atoms with Gasteiger partial charge in [0, 0.05) is 25.0 Å². The Labute approximate surface area is 211 Å². The molecule has 0 saturated heterocycles. The Morgan fingerprint density at radius 2 is 1.41 bits per heavy atom. The molecule has 194 valence electrons. The van der Waals surface area contributed by atoms with Crippen molar-refractivity contribution in [3.63, 3.8) is 0 Å².